The molecule has 0 radical (unpaired) electrons. The number of hydrogen-bond donors (Lipinski definition) is 1. The molecule has 7 nitrogen and oxygen atoms in total. The lowest BCUT2D eigenvalue weighted by molar-refractivity contribution is -0.121. The second-order valence-corrected chi connectivity index (χ2v) is 9.39. The zero-order valence-electron chi connectivity index (χ0n) is 21.2. The second kappa shape index (κ2) is 9.86. The molecule has 0 spiro atoms. The van der Waals surface area contributed by atoms with Crippen LogP contribution in [-0.2, 0) is 11.2 Å². The maximum absolute atomic E-state index is 12.5. The summed E-state index contributed by atoms with van der Waals surface area (Å²) in [5, 5.41) is 12.7. The van der Waals surface area contributed by atoms with Crippen molar-refractivity contribution < 1.29 is 4.79 Å². The van der Waals surface area contributed by atoms with Crippen LogP contribution in [0.3, 0.4) is 0 Å². The van der Waals surface area contributed by atoms with Gasteiger partial charge < -0.3 is 5.32 Å². The number of pyridine rings is 3. The number of hydrogen-bond acceptors (Lipinski definition) is 5. The van der Waals surface area contributed by atoms with E-state index in [9.17, 15) is 4.79 Å². The molecule has 38 heavy (non-hydrogen) atoms. The largest absolute Gasteiger partial charge is 0.349 e. The van der Waals surface area contributed by atoms with Crippen molar-refractivity contribution in [2.45, 2.75) is 26.3 Å². The molecule has 6 rings (SSSR count). The molecule has 0 unspecified atom stereocenters. The van der Waals surface area contributed by atoms with Gasteiger partial charge in [-0.2, -0.15) is 0 Å². The highest BCUT2D eigenvalue weighted by atomic mass is 16.1. The molecule has 1 atom stereocenters. The quantitative estimate of drug-likeness (QED) is 0.317. The van der Waals surface area contributed by atoms with Gasteiger partial charge in [-0.3, -0.25) is 14.2 Å². The summed E-state index contributed by atoms with van der Waals surface area (Å²) in [4.78, 5) is 21.7. The molecule has 186 valence electrons. The predicted octanol–water partition coefficient (Wildman–Crippen LogP) is 5.73. The van der Waals surface area contributed by atoms with E-state index < -0.39 is 0 Å². The van der Waals surface area contributed by atoms with E-state index >= 15 is 0 Å². The van der Waals surface area contributed by atoms with Crippen LogP contribution in [0.2, 0.25) is 0 Å². The van der Waals surface area contributed by atoms with Crippen molar-refractivity contribution in [2.24, 2.45) is 0 Å². The van der Waals surface area contributed by atoms with Gasteiger partial charge in [0, 0.05) is 35.1 Å². The Bertz CT molecular complexity index is 1740. The number of rotatable bonds is 6. The van der Waals surface area contributed by atoms with Crippen LogP contribution in [0, 0.1) is 6.92 Å². The molecule has 0 aliphatic heterocycles. The Morgan fingerprint density at radius 2 is 1.76 bits per heavy atom. The standard InChI is InChI=1S/C31H26N6O/c1-20(33-29(38)17-22-7-6-15-32-19-22)23-10-12-25(13-11-23)30-26(24-8-4-3-5-9-24)18-27-28(34-30)14-16-37-21(2)35-36-31(27)37/h3-16,18-20H,17H2,1-2H3,(H,33,38)/t20-/m1/s1. The summed E-state index contributed by atoms with van der Waals surface area (Å²) in [6.07, 6.45) is 5.69. The van der Waals surface area contributed by atoms with Crippen molar-refractivity contribution in [3.8, 4) is 22.4 Å². The number of nitrogens with zero attached hydrogens (tertiary/aromatic N) is 5. The Morgan fingerprint density at radius 3 is 2.53 bits per heavy atom. The molecule has 4 aromatic heterocycles. The number of benzene rings is 2. The lowest BCUT2D eigenvalue weighted by Crippen LogP contribution is -2.28. The van der Waals surface area contributed by atoms with Crippen LogP contribution >= 0.6 is 0 Å². The first-order valence-corrected chi connectivity index (χ1v) is 12.6. The maximum Gasteiger partial charge on any atom is 0.224 e. The Hall–Kier alpha value is -4.91. The third kappa shape index (κ3) is 4.50. The van der Waals surface area contributed by atoms with Gasteiger partial charge in [0.1, 0.15) is 5.82 Å². The van der Waals surface area contributed by atoms with Crippen molar-refractivity contribution >= 4 is 22.5 Å². The zero-order valence-corrected chi connectivity index (χ0v) is 21.2. The molecular formula is C31H26N6O. The highest BCUT2D eigenvalue weighted by molar-refractivity contribution is 5.98. The first kappa shape index (κ1) is 23.5. The fourth-order valence-electron chi connectivity index (χ4n) is 4.76. The minimum absolute atomic E-state index is 0.0350. The molecule has 7 heteroatoms. The molecule has 2 aromatic carbocycles. The number of aryl methyl sites for hydroxylation is 1. The van der Waals surface area contributed by atoms with E-state index in [2.05, 4.69) is 63.0 Å². The highest BCUT2D eigenvalue weighted by Crippen LogP contribution is 2.35. The predicted molar refractivity (Wildman–Crippen MR) is 148 cm³/mol. The van der Waals surface area contributed by atoms with Crippen molar-refractivity contribution in [1.29, 1.82) is 0 Å². The number of nitrogens with one attached hydrogen (secondary N) is 1. The van der Waals surface area contributed by atoms with Crippen LogP contribution in [0.1, 0.15) is 29.9 Å². The van der Waals surface area contributed by atoms with Gasteiger partial charge in [-0.25, -0.2) is 4.98 Å². The van der Waals surface area contributed by atoms with Gasteiger partial charge in [0.25, 0.3) is 0 Å². The van der Waals surface area contributed by atoms with E-state index in [-0.39, 0.29) is 11.9 Å². The first-order chi connectivity index (χ1) is 18.6. The molecule has 0 aliphatic rings. The average Bonchev–Trinajstić information content (AvgIpc) is 3.34. The van der Waals surface area contributed by atoms with Crippen LogP contribution in [0.25, 0.3) is 38.9 Å². The molecule has 4 heterocycles. The number of amides is 1. The fourth-order valence-corrected chi connectivity index (χ4v) is 4.76. The van der Waals surface area contributed by atoms with E-state index in [1.165, 1.54) is 0 Å². The van der Waals surface area contributed by atoms with E-state index in [1.807, 2.05) is 60.8 Å². The maximum atomic E-state index is 12.5. The summed E-state index contributed by atoms with van der Waals surface area (Å²) in [6, 6.07) is 26.3. The summed E-state index contributed by atoms with van der Waals surface area (Å²) < 4.78 is 1.98. The number of aromatic nitrogens is 5. The molecule has 0 saturated heterocycles. The zero-order chi connectivity index (χ0) is 26.1. The molecule has 1 amide bonds. The van der Waals surface area contributed by atoms with Crippen molar-refractivity contribution in [2.75, 3.05) is 0 Å². The van der Waals surface area contributed by atoms with E-state index in [1.54, 1.807) is 12.4 Å². The van der Waals surface area contributed by atoms with Crippen molar-refractivity contribution in [1.82, 2.24) is 29.9 Å². The van der Waals surface area contributed by atoms with Crippen LogP contribution < -0.4 is 5.32 Å². The van der Waals surface area contributed by atoms with Crippen LogP contribution in [-0.4, -0.2) is 30.5 Å². The van der Waals surface area contributed by atoms with Gasteiger partial charge in [-0.1, -0.05) is 60.7 Å². The van der Waals surface area contributed by atoms with E-state index in [0.29, 0.717) is 6.42 Å². The lowest BCUT2D eigenvalue weighted by Gasteiger charge is -2.16. The monoisotopic (exact) mass is 498 g/mol. The molecule has 0 saturated carbocycles. The molecular weight excluding hydrogens is 472 g/mol. The van der Waals surface area contributed by atoms with Gasteiger partial charge in [-0.15, -0.1) is 10.2 Å². The third-order valence-corrected chi connectivity index (χ3v) is 6.77. The summed E-state index contributed by atoms with van der Waals surface area (Å²) in [7, 11) is 0. The average molecular weight is 499 g/mol. The summed E-state index contributed by atoms with van der Waals surface area (Å²) in [5.41, 5.74) is 7.57. The Labute approximate surface area is 220 Å². The van der Waals surface area contributed by atoms with Crippen LogP contribution in [0.4, 0.5) is 0 Å². The van der Waals surface area contributed by atoms with Gasteiger partial charge in [0.15, 0.2) is 5.65 Å². The SMILES string of the molecule is Cc1nnc2c3cc(-c4ccccc4)c(-c4ccc([C@@H](C)NC(=O)Cc5cccnc5)cc4)nc3ccn12. The second-order valence-electron chi connectivity index (χ2n) is 9.39. The Kier molecular flexibility index (Phi) is 6.09. The smallest absolute Gasteiger partial charge is 0.224 e. The minimum Gasteiger partial charge on any atom is -0.349 e. The van der Waals surface area contributed by atoms with Gasteiger partial charge in [-0.05, 0) is 48.7 Å². The molecule has 0 bridgehead atoms. The Balaban J connectivity index is 1.34. The summed E-state index contributed by atoms with van der Waals surface area (Å²) in [6.45, 7) is 3.93. The number of carbonyl (C=O) groups excluding carboxylic acids is 1. The molecule has 0 aliphatic carbocycles. The number of carbonyl (C=O) groups is 1. The van der Waals surface area contributed by atoms with E-state index in [0.717, 1.165) is 55.9 Å². The molecule has 0 fully saturated rings. The minimum atomic E-state index is -0.129. The van der Waals surface area contributed by atoms with Crippen molar-refractivity contribution in [3.05, 3.63) is 114 Å². The van der Waals surface area contributed by atoms with Gasteiger partial charge >= 0.3 is 0 Å². The van der Waals surface area contributed by atoms with Crippen LogP contribution in [0.15, 0.2) is 97.5 Å². The van der Waals surface area contributed by atoms with E-state index in [4.69, 9.17) is 4.98 Å². The summed E-state index contributed by atoms with van der Waals surface area (Å²) in [5.74, 6) is 0.802. The third-order valence-electron chi connectivity index (χ3n) is 6.77. The van der Waals surface area contributed by atoms with Crippen molar-refractivity contribution in [3.63, 3.8) is 0 Å². The topological polar surface area (TPSA) is 85.1 Å². The van der Waals surface area contributed by atoms with Crippen LogP contribution in [0.5, 0.6) is 0 Å². The highest BCUT2D eigenvalue weighted by Gasteiger charge is 2.16. The van der Waals surface area contributed by atoms with Gasteiger partial charge in [0.05, 0.1) is 23.7 Å². The first-order valence-electron chi connectivity index (χ1n) is 12.6. The Morgan fingerprint density at radius 1 is 0.947 bits per heavy atom. The molecule has 1 N–H and O–H groups in total. The summed E-state index contributed by atoms with van der Waals surface area (Å²) >= 11 is 0. The molecule has 6 aromatic rings. The van der Waals surface area contributed by atoms with Gasteiger partial charge in [0.2, 0.25) is 5.91 Å². The fraction of sp³-hybridized carbons (Fsp3) is 0.129. The normalized spacial score (nSPS) is 12.1. The number of fused-ring (bicyclic) bond motifs is 3. The lowest BCUT2D eigenvalue weighted by atomic mass is 9.96.